The molecule has 12 aromatic rings. The molecule has 6 aliphatic heterocycles. The van der Waals surface area contributed by atoms with Crippen LogP contribution in [0.5, 0.6) is 28.7 Å². The summed E-state index contributed by atoms with van der Waals surface area (Å²) >= 11 is 0. The highest BCUT2D eigenvalue weighted by Crippen LogP contribution is 2.35. The minimum atomic E-state index is -0.516. The molecule has 0 aliphatic carbocycles. The lowest BCUT2D eigenvalue weighted by atomic mass is 10.1. The number of rotatable bonds is 24. The van der Waals surface area contributed by atoms with Crippen LogP contribution in [0.4, 0.5) is 57.4 Å². The molecule has 1 amide bonds. The van der Waals surface area contributed by atoms with Crippen LogP contribution in [0, 0.1) is 45.3 Å². The second-order valence-electron chi connectivity index (χ2n) is 30.4. The first-order valence-corrected chi connectivity index (χ1v) is 42.5. The van der Waals surface area contributed by atoms with Gasteiger partial charge in [-0.25, -0.2) is 39.9 Å². The lowest BCUT2D eigenvalue weighted by molar-refractivity contribution is -0.133. The number of para-hydroxylation sites is 1. The molecule has 0 spiro atoms. The summed E-state index contributed by atoms with van der Waals surface area (Å²) in [6.45, 7) is 11.4. The monoisotopic (exact) mass is 1720 g/mol. The predicted molar refractivity (Wildman–Crippen MR) is 484 cm³/mol. The SMILES string of the molecule is COc1cccc(Nc2ccnc(-c3ccc(OC4CCOCC4)c(C#N)c3)n2)c1.N#Cc1cc(-c2nccc(Nc3ccc(N4CCOCC4)cc3)n2)ccc1O[C@@H]1CCNC1.N#Cc1cc(-c2nccc(Nc3cccc(N4CCOCC4)c3)n2)ccc1O[C@@H]1CCN(C(=O)CO)C1.N#Cc1cc(-c2nccc(Nc3ccccc3)n2)ccc1OC1CCOCC1. The fourth-order valence-corrected chi connectivity index (χ4v) is 14.9. The van der Waals surface area contributed by atoms with Gasteiger partial charge in [0.25, 0.3) is 0 Å². The minimum absolute atomic E-state index is 0.0725. The zero-order valence-corrected chi connectivity index (χ0v) is 70.7. The van der Waals surface area contributed by atoms with Crippen molar-refractivity contribution >= 4 is 63.3 Å². The minimum Gasteiger partial charge on any atom is -0.497 e. The molecule has 6 N–H and O–H groups in total. The van der Waals surface area contributed by atoms with Crippen LogP contribution in [0.2, 0.25) is 0 Å². The average Bonchev–Trinajstić information content (AvgIpc) is 1.25. The third-order valence-electron chi connectivity index (χ3n) is 21.6. The van der Waals surface area contributed by atoms with Crippen molar-refractivity contribution in [2.45, 2.75) is 62.9 Å². The van der Waals surface area contributed by atoms with E-state index in [4.69, 9.17) is 47.7 Å². The summed E-state index contributed by atoms with van der Waals surface area (Å²) in [5, 5.41) is 64.0. The number of benzene rings is 8. The standard InChI is InChI=1S/C27H28N6O4.C25H26N6O2.C23H22N4O3.C22H20N4O2/c28-16-20-14-19(4-5-24(20)37-23-7-9-33(17-23)26(35)18-34)27-29-8-6-25(31-27)30-21-2-1-3-22(15-21)32-10-12-36-13-11-32;26-16-19-15-18(1-6-23(19)33-22-7-9-27-17-22)25-28-10-8-24(30-25)29-20-2-4-21(5-3-20)31-11-13-32-14-12-31;1-28-20-4-2-3-18(14-20)26-22-7-10-25-23(27-22)16-5-6-21(17(13-16)15-24)30-19-8-11-29-12-9-19;23-15-17-14-16(6-7-20(17)28-19-9-12-27-13-10-19)22-24-11-8-21(26-22)25-18-4-2-1-3-5-18/h1-6,8,14-15,23,34H,7,9-13,17-18H2,(H,29,30,31);1-6,8,10,15,22,27H,7,9,11-14,17H2,(H,28,29,30);2-7,10,13-14,19H,8-9,11-12H2,1H3,(H,25,26,27);1-8,11,14,19H,9-10,12-13H2,(H,24,25,26)/t23-;22-;;/m11../s1. The number of aliphatic hydroxyl groups is 1. The van der Waals surface area contributed by atoms with Crippen LogP contribution in [-0.2, 0) is 23.7 Å². The van der Waals surface area contributed by atoms with Gasteiger partial charge in [0.05, 0.1) is 88.8 Å². The van der Waals surface area contributed by atoms with Gasteiger partial charge in [-0.05, 0) is 177 Å². The molecular formula is C97H96N20O11. The smallest absolute Gasteiger partial charge is 0.248 e. The number of likely N-dealkylation sites (tertiary alicyclic amines) is 1. The molecule has 650 valence electrons. The number of hydrogen-bond donors (Lipinski definition) is 6. The molecule has 6 fully saturated rings. The van der Waals surface area contributed by atoms with E-state index in [1.807, 2.05) is 133 Å². The Kier molecular flexibility index (Phi) is 30.6. The van der Waals surface area contributed by atoms with Crippen LogP contribution >= 0.6 is 0 Å². The van der Waals surface area contributed by atoms with E-state index < -0.39 is 6.61 Å². The molecule has 31 nitrogen and oxygen atoms in total. The van der Waals surface area contributed by atoms with Gasteiger partial charge in [0.1, 0.15) is 107 Å². The maximum absolute atomic E-state index is 11.7. The highest BCUT2D eigenvalue weighted by Gasteiger charge is 2.29. The predicted octanol–water partition coefficient (Wildman–Crippen LogP) is 14.5. The van der Waals surface area contributed by atoms with Crippen LogP contribution < -0.4 is 60.1 Å². The van der Waals surface area contributed by atoms with Gasteiger partial charge in [0.2, 0.25) is 5.91 Å². The van der Waals surface area contributed by atoms with Crippen LogP contribution in [0.3, 0.4) is 0 Å². The Balaban J connectivity index is 0.000000132. The van der Waals surface area contributed by atoms with Crippen LogP contribution in [0.15, 0.2) is 225 Å². The van der Waals surface area contributed by atoms with Crippen LogP contribution in [-0.4, -0.2) is 199 Å². The molecule has 18 rings (SSSR count). The largest absolute Gasteiger partial charge is 0.497 e. The van der Waals surface area contributed by atoms with Gasteiger partial charge >= 0.3 is 0 Å². The fourth-order valence-electron chi connectivity index (χ4n) is 14.9. The quantitative estimate of drug-likeness (QED) is 0.0327. The Hall–Kier alpha value is -14.9. The van der Waals surface area contributed by atoms with Crippen molar-refractivity contribution < 1.29 is 52.5 Å². The number of nitriles is 4. The second kappa shape index (κ2) is 44.6. The van der Waals surface area contributed by atoms with Gasteiger partial charge in [-0.1, -0.05) is 30.3 Å². The first-order valence-electron chi connectivity index (χ1n) is 42.5. The van der Waals surface area contributed by atoms with E-state index in [0.717, 1.165) is 149 Å². The molecular weight excluding hydrogens is 1620 g/mol. The Morgan fingerprint density at radius 1 is 0.406 bits per heavy atom. The van der Waals surface area contributed by atoms with Crippen molar-refractivity contribution in [1.82, 2.24) is 50.1 Å². The number of nitrogens with one attached hydrogen (secondary N) is 5. The average molecular weight is 1720 g/mol. The van der Waals surface area contributed by atoms with Crippen molar-refractivity contribution in [1.29, 1.82) is 21.0 Å². The molecule has 0 saturated carbocycles. The molecule has 0 unspecified atom stereocenters. The van der Waals surface area contributed by atoms with E-state index in [-0.39, 0.29) is 30.3 Å². The number of hydrogen-bond acceptors (Lipinski definition) is 30. The van der Waals surface area contributed by atoms with Crippen molar-refractivity contribution in [3.8, 4) is 98.6 Å². The maximum atomic E-state index is 11.7. The molecule has 128 heavy (non-hydrogen) atoms. The molecule has 31 heteroatoms. The third kappa shape index (κ3) is 24.4. The van der Waals surface area contributed by atoms with E-state index >= 15 is 0 Å². The first kappa shape index (κ1) is 88.0. The summed E-state index contributed by atoms with van der Waals surface area (Å²) in [6.07, 6.45) is 11.7. The fraction of sp³-hybridized carbons (Fsp3) is 0.289. The number of amides is 1. The number of carbonyl (C=O) groups excluding carboxylic acids is 1. The Morgan fingerprint density at radius 3 is 1.22 bits per heavy atom. The van der Waals surface area contributed by atoms with E-state index in [9.17, 15) is 25.8 Å². The van der Waals surface area contributed by atoms with Gasteiger partial charge in [0, 0.05) is 159 Å². The summed E-state index contributed by atoms with van der Waals surface area (Å²) in [5.74, 6) is 7.45. The zero-order chi connectivity index (χ0) is 88.0. The highest BCUT2D eigenvalue weighted by atomic mass is 16.5. The summed E-state index contributed by atoms with van der Waals surface area (Å²) in [5.41, 5.74) is 10.8. The molecule has 0 radical (unpaired) electrons. The summed E-state index contributed by atoms with van der Waals surface area (Å²) < 4.78 is 50.9. The molecule has 6 saturated heterocycles. The van der Waals surface area contributed by atoms with Gasteiger partial charge < -0.3 is 89.0 Å². The maximum Gasteiger partial charge on any atom is 0.248 e. The number of aliphatic hydroxyl groups excluding tert-OH is 1. The Morgan fingerprint density at radius 2 is 0.797 bits per heavy atom. The molecule has 2 atom stereocenters. The Bertz CT molecular complexity index is 5900. The van der Waals surface area contributed by atoms with Gasteiger partial charge in [0.15, 0.2) is 23.3 Å². The van der Waals surface area contributed by atoms with Gasteiger partial charge in [-0.2, -0.15) is 21.0 Å². The van der Waals surface area contributed by atoms with E-state index in [2.05, 4.69) is 125 Å². The number of anilines is 10. The number of nitrogens with zero attached hydrogens (tertiary/aromatic N) is 15. The number of aromatic nitrogens is 8. The number of carbonyl (C=O) groups is 1. The lowest BCUT2D eigenvalue weighted by Gasteiger charge is -2.29. The lowest BCUT2D eigenvalue weighted by Crippen LogP contribution is -2.36. The number of morpholine rings is 2. The third-order valence-corrected chi connectivity index (χ3v) is 21.6. The summed E-state index contributed by atoms with van der Waals surface area (Å²) in [4.78, 5) is 53.9. The second-order valence-corrected chi connectivity index (χ2v) is 30.4. The van der Waals surface area contributed by atoms with E-state index in [1.165, 1.54) is 5.69 Å². The number of methoxy groups -OCH3 is 1. The van der Waals surface area contributed by atoms with Crippen molar-refractivity contribution in [3.63, 3.8) is 0 Å². The zero-order valence-electron chi connectivity index (χ0n) is 70.7. The number of ether oxygens (including phenoxy) is 9. The van der Waals surface area contributed by atoms with Crippen molar-refractivity contribution in [2.24, 2.45) is 0 Å². The molecule has 0 bridgehead atoms. The molecule has 6 aliphatic rings. The summed E-state index contributed by atoms with van der Waals surface area (Å²) in [6, 6.07) is 71.7. The van der Waals surface area contributed by atoms with Crippen molar-refractivity contribution in [2.75, 3.05) is 150 Å². The van der Waals surface area contributed by atoms with Crippen molar-refractivity contribution in [3.05, 3.63) is 247 Å². The van der Waals surface area contributed by atoms with Crippen LogP contribution in [0.25, 0.3) is 45.6 Å². The van der Waals surface area contributed by atoms with E-state index in [0.29, 0.717) is 143 Å². The first-order chi connectivity index (χ1) is 63.0. The topological polar surface area (TPSA) is 389 Å². The normalized spacial score (nSPS) is 16.1. The molecule has 10 heterocycles. The van der Waals surface area contributed by atoms with Gasteiger partial charge in [-0.15, -0.1) is 0 Å². The van der Waals surface area contributed by atoms with Crippen LogP contribution in [0.1, 0.15) is 60.8 Å². The molecule has 4 aromatic heterocycles. The highest BCUT2D eigenvalue weighted by molar-refractivity contribution is 5.78. The summed E-state index contributed by atoms with van der Waals surface area (Å²) in [7, 11) is 1.63. The van der Waals surface area contributed by atoms with E-state index in [1.54, 1.807) is 79.3 Å². The molecule has 8 aromatic carbocycles. The Labute approximate surface area is 741 Å². The van der Waals surface area contributed by atoms with Gasteiger partial charge in [-0.3, -0.25) is 4.79 Å².